The first kappa shape index (κ1) is 19.6. The molecule has 0 unspecified atom stereocenters. The summed E-state index contributed by atoms with van der Waals surface area (Å²) >= 11 is 5.90. The largest absolute Gasteiger partial charge is 0.496 e. The van der Waals surface area contributed by atoms with Gasteiger partial charge in [0.2, 0.25) is 0 Å². The Morgan fingerprint density at radius 3 is 2.42 bits per heavy atom. The first-order chi connectivity index (χ1) is 12.5. The van der Waals surface area contributed by atoms with Gasteiger partial charge in [0, 0.05) is 23.5 Å². The molecule has 0 aliphatic heterocycles. The van der Waals surface area contributed by atoms with Crippen LogP contribution in [0.5, 0.6) is 5.75 Å². The lowest BCUT2D eigenvalue weighted by molar-refractivity contribution is 0.102. The summed E-state index contributed by atoms with van der Waals surface area (Å²) in [4.78, 5) is 24.1. The number of ether oxygens (including phenoxy) is 3. The normalized spacial score (nSPS) is 10.1. The molecule has 0 aliphatic carbocycles. The van der Waals surface area contributed by atoms with Crippen LogP contribution >= 0.6 is 11.6 Å². The molecule has 26 heavy (non-hydrogen) atoms. The van der Waals surface area contributed by atoms with Crippen LogP contribution in [0.2, 0.25) is 5.02 Å². The van der Waals surface area contributed by atoms with E-state index in [9.17, 15) is 9.59 Å². The quantitative estimate of drug-likeness (QED) is 0.716. The van der Waals surface area contributed by atoms with Gasteiger partial charge in [-0.1, -0.05) is 17.7 Å². The fourth-order valence-electron chi connectivity index (χ4n) is 2.10. The number of hydrogen-bond donors (Lipinski definition) is 2. The van der Waals surface area contributed by atoms with Crippen LogP contribution in [0.25, 0.3) is 0 Å². The van der Waals surface area contributed by atoms with Gasteiger partial charge in [0.15, 0.2) is 0 Å². The Kier molecular flexibility index (Phi) is 7.25. The van der Waals surface area contributed by atoms with Crippen molar-refractivity contribution >= 4 is 35.0 Å². The van der Waals surface area contributed by atoms with Crippen LogP contribution < -0.4 is 15.4 Å². The van der Waals surface area contributed by atoms with Crippen molar-refractivity contribution in [1.82, 2.24) is 0 Å². The van der Waals surface area contributed by atoms with E-state index in [1.54, 1.807) is 42.5 Å². The van der Waals surface area contributed by atoms with Gasteiger partial charge in [0.1, 0.15) is 12.4 Å². The number of halogens is 1. The predicted molar refractivity (Wildman–Crippen MR) is 99.2 cm³/mol. The molecule has 2 amide bonds. The van der Waals surface area contributed by atoms with E-state index in [2.05, 4.69) is 10.6 Å². The monoisotopic (exact) mass is 378 g/mol. The molecule has 2 N–H and O–H groups in total. The van der Waals surface area contributed by atoms with E-state index < -0.39 is 6.09 Å². The second-order valence-corrected chi connectivity index (χ2v) is 5.57. The standard InChI is InChI=1S/C18H19ClN2O5/c1-24-8-9-26-18(23)21-14-5-3-4-13(11-14)20-17(22)15-7-6-12(19)10-16(15)25-2/h3-7,10-11H,8-9H2,1-2H3,(H,20,22)(H,21,23). The second kappa shape index (κ2) is 9.65. The fraction of sp³-hybridized carbons (Fsp3) is 0.222. The van der Waals surface area contributed by atoms with Gasteiger partial charge in [-0.3, -0.25) is 10.1 Å². The van der Waals surface area contributed by atoms with Gasteiger partial charge in [-0.2, -0.15) is 0 Å². The van der Waals surface area contributed by atoms with E-state index in [0.717, 1.165) is 0 Å². The van der Waals surface area contributed by atoms with Gasteiger partial charge in [0.05, 0.1) is 19.3 Å². The van der Waals surface area contributed by atoms with E-state index in [1.165, 1.54) is 14.2 Å². The Morgan fingerprint density at radius 2 is 1.73 bits per heavy atom. The minimum absolute atomic E-state index is 0.148. The number of carbonyl (C=O) groups excluding carboxylic acids is 2. The highest BCUT2D eigenvalue weighted by Gasteiger charge is 2.13. The van der Waals surface area contributed by atoms with Crippen molar-refractivity contribution in [1.29, 1.82) is 0 Å². The molecule has 7 nitrogen and oxygen atoms in total. The molecule has 0 saturated heterocycles. The Labute approximate surface area is 156 Å². The zero-order chi connectivity index (χ0) is 18.9. The summed E-state index contributed by atoms with van der Waals surface area (Å²) < 4.78 is 14.9. The summed E-state index contributed by atoms with van der Waals surface area (Å²) in [5.74, 6) is 0.00402. The molecule has 0 saturated carbocycles. The number of amides is 2. The molecule has 0 heterocycles. The molecule has 8 heteroatoms. The Hall–Kier alpha value is -2.77. The minimum Gasteiger partial charge on any atom is -0.496 e. The summed E-state index contributed by atoms with van der Waals surface area (Å²) in [5.41, 5.74) is 1.32. The highest BCUT2D eigenvalue weighted by molar-refractivity contribution is 6.31. The summed E-state index contributed by atoms with van der Waals surface area (Å²) in [7, 11) is 2.98. The number of benzene rings is 2. The molecule has 0 aromatic heterocycles. The first-order valence-electron chi connectivity index (χ1n) is 7.71. The maximum absolute atomic E-state index is 12.5. The number of hydrogen-bond acceptors (Lipinski definition) is 5. The van der Waals surface area contributed by atoms with Crippen molar-refractivity contribution in [2.75, 3.05) is 38.1 Å². The van der Waals surface area contributed by atoms with Gasteiger partial charge in [-0.25, -0.2) is 4.79 Å². The average Bonchev–Trinajstić information content (AvgIpc) is 2.62. The zero-order valence-electron chi connectivity index (χ0n) is 14.4. The fourth-order valence-corrected chi connectivity index (χ4v) is 2.26. The minimum atomic E-state index is -0.607. The van der Waals surface area contributed by atoms with E-state index in [-0.39, 0.29) is 12.5 Å². The van der Waals surface area contributed by atoms with Gasteiger partial charge in [0.25, 0.3) is 5.91 Å². The average molecular weight is 379 g/mol. The molecule has 0 bridgehead atoms. The lowest BCUT2D eigenvalue weighted by atomic mass is 10.1. The summed E-state index contributed by atoms with van der Waals surface area (Å²) in [5, 5.41) is 5.79. The SMILES string of the molecule is COCCOC(=O)Nc1cccc(NC(=O)c2ccc(Cl)cc2OC)c1. The van der Waals surface area contributed by atoms with E-state index in [0.29, 0.717) is 34.3 Å². The molecule has 138 valence electrons. The highest BCUT2D eigenvalue weighted by Crippen LogP contribution is 2.24. The van der Waals surface area contributed by atoms with Crippen LogP contribution in [-0.4, -0.2) is 39.4 Å². The van der Waals surface area contributed by atoms with Crippen molar-refractivity contribution in [2.45, 2.75) is 0 Å². The number of anilines is 2. The predicted octanol–water partition coefficient (Wildman–Crippen LogP) is 3.80. The zero-order valence-corrected chi connectivity index (χ0v) is 15.1. The van der Waals surface area contributed by atoms with Crippen molar-refractivity contribution in [3.8, 4) is 5.75 Å². The van der Waals surface area contributed by atoms with E-state index >= 15 is 0 Å². The summed E-state index contributed by atoms with van der Waals surface area (Å²) in [6.45, 7) is 0.460. The molecule has 0 radical (unpaired) electrons. The topological polar surface area (TPSA) is 85.9 Å². The van der Waals surface area contributed by atoms with Gasteiger partial charge >= 0.3 is 6.09 Å². The third kappa shape index (κ3) is 5.65. The van der Waals surface area contributed by atoms with E-state index in [1.807, 2.05) is 0 Å². The maximum atomic E-state index is 12.5. The first-order valence-corrected chi connectivity index (χ1v) is 8.09. The Bertz CT molecular complexity index is 782. The van der Waals surface area contributed by atoms with Crippen LogP contribution in [0.3, 0.4) is 0 Å². The van der Waals surface area contributed by atoms with E-state index in [4.69, 9.17) is 25.8 Å². The van der Waals surface area contributed by atoms with Gasteiger partial charge < -0.3 is 19.5 Å². The molecule has 0 aliphatic rings. The third-order valence-electron chi connectivity index (χ3n) is 3.30. The Morgan fingerprint density at radius 1 is 1.00 bits per heavy atom. The van der Waals surface area contributed by atoms with Crippen molar-refractivity contribution in [3.05, 3.63) is 53.1 Å². The van der Waals surface area contributed by atoms with Crippen LogP contribution in [0, 0.1) is 0 Å². The van der Waals surface area contributed by atoms with Crippen LogP contribution in [0.1, 0.15) is 10.4 Å². The van der Waals surface area contributed by atoms with Crippen molar-refractivity contribution < 1.29 is 23.8 Å². The number of methoxy groups -OCH3 is 2. The number of carbonyl (C=O) groups is 2. The molecule has 0 atom stereocenters. The van der Waals surface area contributed by atoms with Crippen LogP contribution in [-0.2, 0) is 9.47 Å². The molecule has 2 aromatic rings. The lowest BCUT2D eigenvalue weighted by Gasteiger charge is -2.11. The maximum Gasteiger partial charge on any atom is 0.411 e. The Balaban J connectivity index is 2.04. The smallest absolute Gasteiger partial charge is 0.411 e. The van der Waals surface area contributed by atoms with Crippen LogP contribution in [0.15, 0.2) is 42.5 Å². The molecule has 0 spiro atoms. The highest BCUT2D eigenvalue weighted by atomic mass is 35.5. The summed E-state index contributed by atoms with van der Waals surface area (Å²) in [6, 6.07) is 11.4. The number of nitrogens with one attached hydrogen (secondary N) is 2. The lowest BCUT2D eigenvalue weighted by Crippen LogP contribution is -2.17. The molecular weight excluding hydrogens is 360 g/mol. The summed E-state index contributed by atoms with van der Waals surface area (Å²) in [6.07, 6.45) is -0.607. The molecule has 2 rings (SSSR count). The van der Waals surface area contributed by atoms with Crippen LogP contribution in [0.4, 0.5) is 16.2 Å². The molecule has 2 aromatic carbocycles. The molecular formula is C18H19ClN2O5. The van der Waals surface area contributed by atoms with Gasteiger partial charge in [-0.05, 0) is 36.4 Å². The van der Waals surface area contributed by atoms with Gasteiger partial charge in [-0.15, -0.1) is 0 Å². The number of rotatable bonds is 7. The second-order valence-electron chi connectivity index (χ2n) is 5.13. The third-order valence-corrected chi connectivity index (χ3v) is 3.53. The van der Waals surface area contributed by atoms with Crippen molar-refractivity contribution in [3.63, 3.8) is 0 Å². The van der Waals surface area contributed by atoms with Crippen molar-refractivity contribution in [2.24, 2.45) is 0 Å². The molecule has 0 fully saturated rings.